The maximum Gasteiger partial charge on any atom is 0.259 e. The molecule has 2 aromatic heterocycles. The van der Waals surface area contributed by atoms with E-state index in [0.717, 1.165) is 12.2 Å². The Balaban J connectivity index is 1.96. The van der Waals surface area contributed by atoms with Gasteiger partial charge in [-0.25, -0.2) is 9.37 Å². The molecule has 0 spiro atoms. The SMILES string of the molecule is CCN(Cc1cc(=O)n2c(C(F)CCO)c(C)sc2n1)c1ccc(C)cc1. The molecule has 0 aliphatic rings. The molecule has 0 bridgehead atoms. The van der Waals surface area contributed by atoms with Gasteiger partial charge in [0.05, 0.1) is 17.9 Å². The molecule has 5 nitrogen and oxygen atoms in total. The minimum absolute atomic E-state index is 0.0299. The van der Waals surface area contributed by atoms with Crippen molar-refractivity contribution in [1.82, 2.24) is 9.38 Å². The first kappa shape index (κ1) is 19.5. The van der Waals surface area contributed by atoms with Crippen LogP contribution in [0.15, 0.2) is 35.1 Å². The third-order valence-corrected chi connectivity index (χ3v) is 5.57. The van der Waals surface area contributed by atoms with Crippen molar-refractivity contribution in [3.63, 3.8) is 0 Å². The number of aliphatic hydroxyl groups is 1. The summed E-state index contributed by atoms with van der Waals surface area (Å²) in [5.74, 6) is 0. The number of alkyl halides is 1. The van der Waals surface area contributed by atoms with Crippen LogP contribution in [0.4, 0.5) is 10.1 Å². The van der Waals surface area contributed by atoms with Gasteiger partial charge in [0.15, 0.2) is 4.96 Å². The molecule has 7 heteroatoms. The number of fused-ring (bicyclic) bond motifs is 1. The Morgan fingerprint density at radius 2 is 2.00 bits per heavy atom. The zero-order valence-corrected chi connectivity index (χ0v) is 16.6. The minimum Gasteiger partial charge on any atom is -0.396 e. The van der Waals surface area contributed by atoms with Crippen molar-refractivity contribution in [1.29, 1.82) is 0 Å². The fourth-order valence-corrected chi connectivity index (χ4v) is 4.21. The lowest BCUT2D eigenvalue weighted by Crippen LogP contribution is -2.25. The number of aryl methyl sites for hydroxylation is 2. The van der Waals surface area contributed by atoms with E-state index in [1.807, 2.05) is 6.92 Å². The molecule has 3 aromatic rings. The number of aliphatic hydroxyl groups excluding tert-OH is 1. The van der Waals surface area contributed by atoms with Crippen molar-refractivity contribution >= 4 is 22.0 Å². The Morgan fingerprint density at radius 1 is 1.30 bits per heavy atom. The highest BCUT2D eigenvalue weighted by atomic mass is 32.1. The summed E-state index contributed by atoms with van der Waals surface area (Å²) in [7, 11) is 0. The van der Waals surface area contributed by atoms with Crippen molar-refractivity contribution in [2.45, 2.75) is 39.9 Å². The minimum atomic E-state index is -1.38. The van der Waals surface area contributed by atoms with E-state index in [4.69, 9.17) is 5.11 Å². The molecule has 0 aliphatic heterocycles. The van der Waals surface area contributed by atoms with Gasteiger partial charge in [-0.05, 0) is 32.9 Å². The summed E-state index contributed by atoms with van der Waals surface area (Å²) in [4.78, 5) is 20.6. The first-order valence-corrected chi connectivity index (χ1v) is 9.84. The molecule has 1 N–H and O–H groups in total. The fourth-order valence-electron chi connectivity index (χ4n) is 3.17. The predicted molar refractivity (Wildman–Crippen MR) is 108 cm³/mol. The van der Waals surface area contributed by atoms with Gasteiger partial charge in [-0.15, -0.1) is 11.3 Å². The highest BCUT2D eigenvalue weighted by Gasteiger charge is 2.21. The number of hydrogen-bond acceptors (Lipinski definition) is 5. The molecule has 144 valence electrons. The van der Waals surface area contributed by atoms with Gasteiger partial charge in [-0.2, -0.15) is 0 Å². The number of hydrogen-bond donors (Lipinski definition) is 1. The van der Waals surface area contributed by atoms with Crippen LogP contribution in [0.5, 0.6) is 0 Å². The van der Waals surface area contributed by atoms with Gasteiger partial charge in [0.1, 0.15) is 6.17 Å². The highest BCUT2D eigenvalue weighted by molar-refractivity contribution is 7.17. The van der Waals surface area contributed by atoms with E-state index in [1.54, 1.807) is 6.92 Å². The molecular weight excluding hydrogens is 365 g/mol. The zero-order valence-electron chi connectivity index (χ0n) is 15.8. The van der Waals surface area contributed by atoms with Crippen molar-refractivity contribution in [3.8, 4) is 0 Å². The van der Waals surface area contributed by atoms with E-state index in [-0.39, 0.29) is 18.6 Å². The number of benzene rings is 1. The molecule has 0 saturated carbocycles. The van der Waals surface area contributed by atoms with Crippen LogP contribution in [0.2, 0.25) is 0 Å². The normalized spacial score (nSPS) is 12.5. The standard InChI is InChI=1S/C20H24FN3O2S/c1-4-23(16-7-5-13(2)6-8-16)12-15-11-18(26)24-19(17(21)9-10-25)14(3)27-20(24)22-15/h5-8,11,17,25H,4,9-10,12H2,1-3H3. The zero-order chi connectivity index (χ0) is 19.6. The summed E-state index contributed by atoms with van der Waals surface area (Å²) >= 11 is 1.31. The quantitative estimate of drug-likeness (QED) is 0.668. The van der Waals surface area contributed by atoms with Crippen LogP contribution >= 0.6 is 11.3 Å². The number of anilines is 1. The van der Waals surface area contributed by atoms with Crippen LogP contribution < -0.4 is 10.5 Å². The largest absolute Gasteiger partial charge is 0.396 e. The maximum absolute atomic E-state index is 14.4. The molecule has 1 atom stereocenters. The molecule has 1 aromatic carbocycles. The smallest absolute Gasteiger partial charge is 0.259 e. The monoisotopic (exact) mass is 389 g/mol. The Hall–Kier alpha value is -2.25. The van der Waals surface area contributed by atoms with Gasteiger partial charge in [0.25, 0.3) is 5.56 Å². The van der Waals surface area contributed by atoms with E-state index < -0.39 is 6.17 Å². The average Bonchev–Trinajstić information content (AvgIpc) is 2.97. The molecule has 0 aliphatic carbocycles. The molecule has 0 amide bonds. The summed E-state index contributed by atoms with van der Waals surface area (Å²) in [6, 6.07) is 9.70. The summed E-state index contributed by atoms with van der Waals surface area (Å²) in [5, 5.41) is 9.02. The molecule has 0 fully saturated rings. The fraction of sp³-hybridized carbons (Fsp3) is 0.400. The molecule has 3 rings (SSSR count). The molecule has 0 saturated heterocycles. The van der Waals surface area contributed by atoms with Gasteiger partial charge in [-0.3, -0.25) is 9.20 Å². The molecule has 27 heavy (non-hydrogen) atoms. The van der Waals surface area contributed by atoms with Crippen LogP contribution in [0, 0.1) is 13.8 Å². The van der Waals surface area contributed by atoms with Gasteiger partial charge in [-0.1, -0.05) is 17.7 Å². The van der Waals surface area contributed by atoms with Crippen LogP contribution in [0.25, 0.3) is 4.96 Å². The highest BCUT2D eigenvalue weighted by Crippen LogP contribution is 2.29. The van der Waals surface area contributed by atoms with Crippen molar-refractivity contribution < 1.29 is 9.50 Å². The predicted octanol–water partition coefficient (Wildman–Crippen LogP) is 3.79. The van der Waals surface area contributed by atoms with Crippen LogP contribution in [-0.4, -0.2) is 27.6 Å². The van der Waals surface area contributed by atoms with Gasteiger partial charge >= 0.3 is 0 Å². The van der Waals surface area contributed by atoms with Crippen molar-refractivity contribution in [2.75, 3.05) is 18.1 Å². The topological polar surface area (TPSA) is 57.8 Å². The Labute approximate surface area is 161 Å². The number of aromatic nitrogens is 2. The molecule has 2 heterocycles. The third kappa shape index (κ3) is 4.04. The Kier molecular flexibility index (Phi) is 5.92. The summed E-state index contributed by atoms with van der Waals surface area (Å²) in [5.41, 5.74) is 2.94. The van der Waals surface area contributed by atoms with E-state index in [9.17, 15) is 9.18 Å². The van der Waals surface area contributed by atoms with Gasteiger partial charge < -0.3 is 10.0 Å². The second-order valence-corrected chi connectivity index (χ2v) is 7.76. The van der Waals surface area contributed by atoms with E-state index in [2.05, 4.69) is 41.1 Å². The number of halogens is 1. The van der Waals surface area contributed by atoms with Crippen LogP contribution in [-0.2, 0) is 6.54 Å². The molecule has 0 radical (unpaired) electrons. The summed E-state index contributed by atoms with van der Waals surface area (Å²) < 4.78 is 15.7. The third-order valence-electron chi connectivity index (χ3n) is 4.60. The lowest BCUT2D eigenvalue weighted by molar-refractivity contribution is 0.218. The number of rotatable bonds is 7. The maximum atomic E-state index is 14.4. The van der Waals surface area contributed by atoms with Crippen LogP contribution in [0.3, 0.4) is 0 Å². The average molecular weight is 389 g/mol. The lowest BCUT2D eigenvalue weighted by atomic mass is 10.2. The van der Waals surface area contributed by atoms with Crippen LogP contribution in [0.1, 0.15) is 41.3 Å². The second-order valence-electron chi connectivity index (χ2n) is 6.58. The van der Waals surface area contributed by atoms with E-state index in [0.29, 0.717) is 27.8 Å². The van der Waals surface area contributed by atoms with E-state index in [1.165, 1.54) is 27.4 Å². The number of thiazole rings is 1. The van der Waals surface area contributed by atoms with Gasteiger partial charge in [0.2, 0.25) is 0 Å². The lowest BCUT2D eigenvalue weighted by Gasteiger charge is -2.22. The number of nitrogens with zero attached hydrogens (tertiary/aromatic N) is 3. The first-order chi connectivity index (χ1) is 12.9. The Morgan fingerprint density at radius 3 is 2.63 bits per heavy atom. The van der Waals surface area contributed by atoms with Crippen molar-refractivity contribution in [3.05, 3.63) is 62.5 Å². The molecule has 1 unspecified atom stereocenters. The first-order valence-electron chi connectivity index (χ1n) is 9.03. The molecular formula is C20H24FN3O2S. The van der Waals surface area contributed by atoms with Gasteiger partial charge in [0, 0.05) is 36.2 Å². The second kappa shape index (κ2) is 8.19. The summed E-state index contributed by atoms with van der Waals surface area (Å²) in [6.45, 7) is 6.90. The summed E-state index contributed by atoms with van der Waals surface area (Å²) in [6.07, 6.45) is -1.41. The van der Waals surface area contributed by atoms with Crippen molar-refractivity contribution in [2.24, 2.45) is 0 Å². The van der Waals surface area contributed by atoms with E-state index >= 15 is 0 Å². The Bertz CT molecular complexity index is 981.